The van der Waals surface area contributed by atoms with E-state index < -0.39 is 0 Å². The minimum atomic E-state index is 0.0156. The Labute approximate surface area is 83.3 Å². The number of para-hydroxylation sites is 1. The van der Waals surface area contributed by atoms with E-state index in [-0.39, 0.29) is 6.04 Å². The highest BCUT2D eigenvalue weighted by atomic mass is 15.0. The molecule has 1 aromatic carbocycles. The van der Waals surface area contributed by atoms with Gasteiger partial charge in [0.2, 0.25) is 0 Å². The van der Waals surface area contributed by atoms with E-state index in [4.69, 9.17) is 5.73 Å². The van der Waals surface area contributed by atoms with Crippen molar-refractivity contribution in [2.45, 2.75) is 26.3 Å². The van der Waals surface area contributed by atoms with Gasteiger partial charge in [0.15, 0.2) is 0 Å². The van der Waals surface area contributed by atoms with E-state index >= 15 is 0 Å². The number of fused-ring (bicyclic) bond motifs is 1. The summed E-state index contributed by atoms with van der Waals surface area (Å²) in [4.78, 5) is 7.75. The fourth-order valence-corrected chi connectivity index (χ4v) is 1.56. The summed E-state index contributed by atoms with van der Waals surface area (Å²) in [6, 6.07) is 6.13. The maximum atomic E-state index is 5.91. The first-order chi connectivity index (χ1) is 6.72. The van der Waals surface area contributed by atoms with Gasteiger partial charge in [-0.25, -0.2) is 4.98 Å². The number of nitrogens with two attached hydrogens (primary N) is 1. The van der Waals surface area contributed by atoms with Crippen molar-refractivity contribution in [3.63, 3.8) is 0 Å². The molecule has 0 spiro atoms. The van der Waals surface area contributed by atoms with Crippen molar-refractivity contribution in [3.8, 4) is 0 Å². The third-order valence-corrected chi connectivity index (χ3v) is 2.52. The predicted molar refractivity (Wildman–Crippen MR) is 58.1 cm³/mol. The second kappa shape index (κ2) is 3.42. The van der Waals surface area contributed by atoms with Gasteiger partial charge in [-0.05, 0) is 25.0 Å². The van der Waals surface area contributed by atoms with Crippen molar-refractivity contribution < 1.29 is 0 Å². The van der Waals surface area contributed by atoms with Gasteiger partial charge >= 0.3 is 0 Å². The average Bonchev–Trinajstić information content (AvgIpc) is 2.62. The topological polar surface area (TPSA) is 54.7 Å². The quantitative estimate of drug-likeness (QED) is 0.761. The van der Waals surface area contributed by atoms with Crippen LogP contribution < -0.4 is 5.73 Å². The Hall–Kier alpha value is -1.35. The van der Waals surface area contributed by atoms with Gasteiger partial charge < -0.3 is 10.7 Å². The number of hydrogen-bond acceptors (Lipinski definition) is 2. The fourth-order valence-electron chi connectivity index (χ4n) is 1.56. The van der Waals surface area contributed by atoms with E-state index in [2.05, 4.69) is 29.9 Å². The zero-order valence-corrected chi connectivity index (χ0v) is 8.54. The van der Waals surface area contributed by atoms with Crippen LogP contribution in [0.2, 0.25) is 0 Å². The number of nitrogens with zero attached hydrogens (tertiary/aromatic N) is 1. The van der Waals surface area contributed by atoms with Crippen LogP contribution in [0.5, 0.6) is 0 Å². The van der Waals surface area contributed by atoms with Crippen LogP contribution in [0.15, 0.2) is 18.2 Å². The predicted octanol–water partition coefficient (Wildman–Crippen LogP) is 2.28. The highest BCUT2D eigenvalue weighted by molar-refractivity contribution is 5.78. The molecule has 0 radical (unpaired) electrons. The summed E-state index contributed by atoms with van der Waals surface area (Å²) < 4.78 is 0. The zero-order valence-electron chi connectivity index (χ0n) is 8.54. The fraction of sp³-hybridized carbons (Fsp3) is 0.364. The van der Waals surface area contributed by atoms with Crippen molar-refractivity contribution in [1.82, 2.24) is 9.97 Å². The molecular formula is C11H15N3. The molecule has 2 aromatic rings. The van der Waals surface area contributed by atoms with Gasteiger partial charge in [0.05, 0.1) is 17.1 Å². The third-order valence-electron chi connectivity index (χ3n) is 2.52. The van der Waals surface area contributed by atoms with Crippen LogP contribution in [-0.4, -0.2) is 9.97 Å². The van der Waals surface area contributed by atoms with Gasteiger partial charge in [0, 0.05) is 0 Å². The second-order valence-electron chi connectivity index (χ2n) is 3.61. The Morgan fingerprint density at radius 2 is 2.29 bits per heavy atom. The number of benzene rings is 1. The van der Waals surface area contributed by atoms with Crippen LogP contribution in [0.4, 0.5) is 0 Å². The van der Waals surface area contributed by atoms with Crippen molar-refractivity contribution in [2.75, 3.05) is 0 Å². The van der Waals surface area contributed by atoms with Crippen LogP contribution in [0, 0.1) is 6.92 Å². The normalized spacial score (nSPS) is 13.4. The Balaban J connectivity index is 2.56. The molecule has 1 aromatic heterocycles. The van der Waals surface area contributed by atoms with Crippen LogP contribution in [0.3, 0.4) is 0 Å². The molecule has 1 heterocycles. The molecule has 3 heteroatoms. The summed E-state index contributed by atoms with van der Waals surface area (Å²) >= 11 is 0. The molecule has 0 amide bonds. The Morgan fingerprint density at radius 1 is 1.50 bits per heavy atom. The monoisotopic (exact) mass is 189 g/mol. The molecule has 0 fully saturated rings. The van der Waals surface area contributed by atoms with Crippen molar-refractivity contribution in [1.29, 1.82) is 0 Å². The summed E-state index contributed by atoms with van der Waals surface area (Å²) in [5.41, 5.74) is 9.21. The van der Waals surface area contributed by atoms with Crippen molar-refractivity contribution in [3.05, 3.63) is 29.6 Å². The van der Waals surface area contributed by atoms with Crippen LogP contribution in [0.1, 0.15) is 30.8 Å². The zero-order chi connectivity index (χ0) is 10.1. The van der Waals surface area contributed by atoms with E-state index in [9.17, 15) is 0 Å². The molecule has 0 unspecified atom stereocenters. The highest BCUT2D eigenvalue weighted by Crippen LogP contribution is 2.19. The molecule has 2 rings (SSSR count). The SMILES string of the molecule is CC[C@H](N)c1nc2c(C)cccc2[nH]1. The number of aromatic amines is 1. The van der Waals surface area contributed by atoms with E-state index in [0.717, 1.165) is 23.3 Å². The molecule has 3 nitrogen and oxygen atoms in total. The molecule has 0 aliphatic heterocycles. The van der Waals surface area contributed by atoms with E-state index in [1.165, 1.54) is 5.56 Å². The van der Waals surface area contributed by atoms with E-state index in [1.54, 1.807) is 0 Å². The molecule has 1 atom stereocenters. The van der Waals surface area contributed by atoms with Crippen LogP contribution >= 0.6 is 0 Å². The molecule has 0 saturated carbocycles. The molecule has 14 heavy (non-hydrogen) atoms. The van der Waals surface area contributed by atoms with Gasteiger partial charge in [0.25, 0.3) is 0 Å². The maximum absolute atomic E-state index is 5.91. The molecule has 0 bridgehead atoms. The summed E-state index contributed by atoms with van der Waals surface area (Å²) in [5, 5.41) is 0. The maximum Gasteiger partial charge on any atom is 0.124 e. The Bertz CT molecular complexity index is 445. The molecule has 3 N–H and O–H groups in total. The van der Waals surface area contributed by atoms with Crippen LogP contribution in [0.25, 0.3) is 11.0 Å². The summed E-state index contributed by atoms with van der Waals surface area (Å²) in [6.45, 7) is 4.12. The van der Waals surface area contributed by atoms with Gasteiger partial charge in [-0.1, -0.05) is 19.1 Å². The van der Waals surface area contributed by atoms with Gasteiger partial charge in [-0.2, -0.15) is 0 Å². The Kier molecular flexibility index (Phi) is 2.25. The van der Waals surface area contributed by atoms with Crippen molar-refractivity contribution in [2.24, 2.45) is 5.73 Å². The van der Waals surface area contributed by atoms with Crippen LogP contribution in [-0.2, 0) is 0 Å². The van der Waals surface area contributed by atoms with Gasteiger partial charge in [0.1, 0.15) is 5.82 Å². The molecule has 0 aliphatic carbocycles. The number of hydrogen-bond donors (Lipinski definition) is 2. The first-order valence-electron chi connectivity index (χ1n) is 4.93. The first-order valence-corrected chi connectivity index (χ1v) is 4.93. The number of imidazole rings is 1. The summed E-state index contributed by atoms with van der Waals surface area (Å²) in [6.07, 6.45) is 0.902. The largest absolute Gasteiger partial charge is 0.341 e. The smallest absolute Gasteiger partial charge is 0.124 e. The molecular weight excluding hydrogens is 174 g/mol. The third kappa shape index (κ3) is 1.40. The minimum absolute atomic E-state index is 0.0156. The van der Waals surface area contributed by atoms with Gasteiger partial charge in [-0.3, -0.25) is 0 Å². The number of rotatable bonds is 2. The van der Waals surface area contributed by atoms with E-state index in [0.29, 0.717) is 0 Å². The van der Waals surface area contributed by atoms with Crippen molar-refractivity contribution >= 4 is 11.0 Å². The highest BCUT2D eigenvalue weighted by Gasteiger charge is 2.09. The standard InChI is InChI=1S/C11H15N3/c1-3-8(12)11-13-9-6-4-5-7(2)10(9)14-11/h4-6,8H,3,12H2,1-2H3,(H,13,14)/t8-/m0/s1. The first kappa shape index (κ1) is 9.21. The number of aromatic nitrogens is 2. The molecule has 74 valence electrons. The lowest BCUT2D eigenvalue weighted by molar-refractivity contribution is 0.660. The summed E-state index contributed by atoms with van der Waals surface area (Å²) in [7, 11) is 0. The van der Waals surface area contributed by atoms with E-state index in [1.807, 2.05) is 12.1 Å². The Morgan fingerprint density at radius 3 is 2.93 bits per heavy atom. The average molecular weight is 189 g/mol. The molecule has 0 saturated heterocycles. The van der Waals surface area contributed by atoms with Gasteiger partial charge in [-0.15, -0.1) is 0 Å². The second-order valence-corrected chi connectivity index (χ2v) is 3.61. The summed E-state index contributed by atoms with van der Waals surface area (Å²) in [5.74, 6) is 0.886. The number of aryl methyl sites for hydroxylation is 1. The number of H-pyrrole nitrogens is 1. The lowest BCUT2D eigenvalue weighted by atomic mass is 10.2. The molecule has 0 aliphatic rings. The number of nitrogens with one attached hydrogen (secondary N) is 1. The lowest BCUT2D eigenvalue weighted by Crippen LogP contribution is -2.10. The minimum Gasteiger partial charge on any atom is -0.341 e. The lowest BCUT2D eigenvalue weighted by Gasteiger charge is -2.02.